The van der Waals surface area contributed by atoms with Crippen molar-refractivity contribution in [2.75, 3.05) is 20.1 Å². The molecular formula is C17H22ClN3O3S. The zero-order valence-electron chi connectivity index (χ0n) is 14.6. The highest BCUT2D eigenvalue weighted by Crippen LogP contribution is 2.27. The molecule has 0 radical (unpaired) electrons. The van der Waals surface area contributed by atoms with E-state index in [9.17, 15) is 13.2 Å². The molecule has 0 aromatic heterocycles. The maximum Gasteiger partial charge on any atom is 0.243 e. The molecule has 0 unspecified atom stereocenters. The Morgan fingerprint density at radius 2 is 1.96 bits per heavy atom. The van der Waals surface area contributed by atoms with Crippen LogP contribution in [0.4, 0.5) is 0 Å². The summed E-state index contributed by atoms with van der Waals surface area (Å²) in [6, 6.07) is 6.13. The van der Waals surface area contributed by atoms with Crippen molar-refractivity contribution in [3.63, 3.8) is 0 Å². The molecule has 2 rings (SSSR count). The molecular weight excluding hydrogens is 362 g/mol. The smallest absolute Gasteiger partial charge is 0.243 e. The lowest BCUT2D eigenvalue weighted by atomic mass is 9.96. The number of piperidine rings is 1. The number of nitriles is 1. The average molecular weight is 384 g/mol. The minimum absolute atomic E-state index is 0.0634. The number of nitrogens with zero attached hydrogens (tertiary/aromatic N) is 3. The van der Waals surface area contributed by atoms with Crippen molar-refractivity contribution in [2.45, 2.75) is 37.6 Å². The zero-order chi connectivity index (χ0) is 18.8. The Morgan fingerprint density at radius 1 is 1.36 bits per heavy atom. The predicted octanol–water partition coefficient (Wildman–Crippen LogP) is 2.48. The van der Waals surface area contributed by atoms with Crippen LogP contribution in [-0.4, -0.2) is 49.7 Å². The summed E-state index contributed by atoms with van der Waals surface area (Å²) in [5.74, 6) is -0.0862. The van der Waals surface area contributed by atoms with Gasteiger partial charge >= 0.3 is 0 Å². The van der Waals surface area contributed by atoms with Crippen LogP contribution in [0.25, 0.3) is 0 Å². The Hall–Kier alpha value is -1.62. The van der Waals surface area contributed by atoms with Crippen LogP contribution in [0.3, 0.4) is 0 Å². The standard InChI is InChI=1S/C17H22ClN3O3S/c1-12(2)20(3)17(22)13-6-8-21(9-7-13)25(23,24)15-5-4-14(11-19)16(18)10-15/h4-5,10,12-13H,6-9H2,1-3H3. The van der Waals surface area contributed by atoms with Gasteiger partial charge in [-0.15, -0.1) is 0 Å². The highest BCUT2D eigenvalue weighted by Gasteiger charge is 2.33. The second kappa shape index (κ2) is 7.73. The molecule has 0 bridgehead atoms. The molecule has 1 aromatic rings. The molecule has 0 N–H and O–H groups in total. The number of rotatable bonds is 4. The van der Waals surface area contributed by atoms with Crippen LogP contribution in [-0.2, 0) is 14.8 Å². The minimum atomic E-state index is -3.68. The quantitative estimate of drug-likeness (QED) is 0.799. The Morgan fingerprint density at radius 3 is 2.44 bits per heavy atom. The molecule has 0 saturated carbocycles. The first-order valence-corrected chi connectivity index (χ1v) is 9.96. The topological polar surface area (TPSA) is 81.5 Å². The summed E-state index contributed by atoms with van der Waals surface area (Å²) in [4.78, 5) is 14.2. The van der Waals surface area contributed by atoms with E-state index in [1.807, 2.05) is 19.9 Å². The monoisotopic (exact) mass is 383 g/mol. The van der Waals surface area contributed by atoms with E-state index in [2.05, 4.69) is 0 Å². The lowest BCUT2D eigenvalue weighted by Crippen LogP contribution is -2.44. The fraction of sp³-hybridized carbons (Fsp3) is 0.529. The van der Waals surface area contributed by atoms with Gasteiger partial charge in [-0.05, 0) is 44.9 Å². The largest absolute Gasteiger partial charge is 0.343 e. The maximum absolute atomic E-state index is 12.7. The number of hydrogen-bond donors (Lipinski definition) is 0. The summed E-state index contributed by atoms with van der Waals surface area (Å²) in [6.45, 7) is 4.49. The molecule has 1 fully saturated rings. The molecule has 136 valence electrons. The van der Waals surface area contributed by atoms with E-state index in [0.29, 0.717) is 25.9 Å². The van der Waals surface area contributed by atoms with E-state index < -0.39 is 10.0 Å². The number of amides is 1. The van der Waals surface area contributed by atoms with Gasteiger partial charge in [0.25, 0.3) is 0 Å². The van der Waals surface area contributed by atoms with Gasteiger partial charge in [0.05, 0.1) is 15.5 Å². The van der Waals surface area contributed by atoms with Crippen molar-refractivity contribution in [1.29, 1.82) is 5.26 Å². The SMILES string of the molecule is CC(C)N(C)C(=O)C1CCN(S(=O)(=O)c2ccc(C#N)c(Cl)c2)CC1. The number of carbonyl (C=O) groups is 1. The second-order valence-corrected chi connectivity index (χ2v) is 8.82. The Labute approximate surface area is 154 Å². The van der Waals surface area contributed by atoms with Gasteiger partial charge in [-0.1, -0.05) is 11.6 Å². The van der Waals surface area contributed by atoms with E-state index in [1.54, 1.807) is 11.9 Å². The highest BCUT2D eigenvalue weighted by atomic mass is 35.5. The molecule has 1 saturated heterocycles. The lowest BCUT2D eigenvalue weighted by molar-refractivity contribution is -0.136. The summed E-state index contributed by atoms with van der Waals surface area (Å²) < 4.78 is 26.9. The van der Waals surface area contributed by atoms with Crippen molar-refractivity contribution in [3.05, 3.63) is 28.8 Å². The number of halogens is 1. The van der Waals surface area contributed by atoms with Gasteiger partial charge in [-0.3, -0.25) is 4.79 Å². The molecule has 0 aliphatic carbocycles. The Balaban J connectivity index is 2.10. The van der Waals surface area contributed by atoms with E-state index in [0.717, 1.165) is 0 Å². The van der Waals surface area contributed by atoms with Crippen molar-refractivity contribution < 1.29 is 13.2 Å². The molecule has 25 heavy (non-hydrogen) atoms. The Kier molecular flexibility index (Phi) is 6.09. The van der Waals surface area contributed by atoms with Gasteiger partial charge in [0.1, 0.15) is 6.07 Å². The number of hydrogen-bond acceptors (Lipinski definition) is 4. The van der Waals surface area contributed by atoms with Gasteiger partial charge in [0.15, 0.2) is 0 Å². The van der Waals surface area contributed by atoms with Crippen LogP contribution < -0.4 is 0 Å². The fourth-order valence-electron chi connectivity index (χ4n) is 2.78. The molecule has 1 heterocycles. The van der Waals surface area contributed by atoms with Crippen LogP contribution in [0.1, 0.15) is 32.3 Å². The van der Waals surface area contributed by atoms with Crippen molar-refractivity contribution in [1.82, 2.24) is 9.21 Å². The van der Waals surface area contributed by atoms with Gasteiger partial charge in [0, 0.05) is 32.1 Å². The summed E-state index contributed by atoms with van der Waals surface area (Å²) >= 11 is 5.95. The predicted molar refractivity (Wildman–Crippen MR) is 95.6 cm³/mol. The van der Waals surface area contributed by atoms with Gasteiger partial charge in [-0.25, -0.2) is 8.42 Å². The van der Waals surface area contributed by atoms with E-state index in [1.165, 1.54) is 22.5 Å². The first-order chi connectivity index (χ1) is 11.7. The summed E-state index contributed by atoms with van der Waals surface area (Å²) in [5.41, 5.74) is 0.238. The first kappa shape index (κ1) is 19.7. The number of benzene rings is 1. The molecule has 1 aliphatic rings. The molecule has 1 amide bonds. The summed E-state index contributed by atoms with van der Waals surface area (Å²) in [7, 11) is -1.91. The van der Waals surface area contributed by atoms with Crippen LogP contribution in [0.15, 0.2) is 23.1 Å². The van der Waals surface area contributed by atoms with Crippen molar-refractivity contribution in [3.8, 4) is 6.07 Å². The lowest BCUT2D eigenvalue weighted by Gasteiger charge is -2.33. The van der Waals surface area contributed by atoms with E-state index >= 15 is 0 Å². The van der Waals surface area contributed by atoms with Crippen molar-refractivity contribution in [2.24, 2.45) is 5.92 Å². The van der Waals surface area contributed by atoms with Gasteiger partial charge in [0.2, 0.25) is 15.9 Å². The highest BCUT2D eigenvalue weighted by molar-refractivity contribution is 7.89. The van der Waals surface area contributed by atoms with Crippen LogP contribution in [0.5, 0.6) is 0 Å². The van der Waals surface area contributed by atoms with Crippen LogP contribution >= 0.6 is 11.6 Å². The maximum atomic E-state index is 12.7. The molecule has 0 spiro atoms. The summed E-state index contributed by atoms with van der Waals surface area (Å²) in [5, 5.41) is 9.01. The molecule has 1 aromatic carbocycles. The normalized spacial score (nSPS) is 16.6. The fourth-order valence-corrected chi connectivity index (χ4v) is 4.57. The Bertz CT molecular complexity index is 794. The van der Waals surface area contributed by atoms with E-state index in [-0.39, 0.29) is 33.3 Å². The molecule has 0 atom stereocenters. The second-order valence-electron chi connectivity index (χ2n) is 6.47. The minimum Gasteiger partial charge on any atom is -0.343 e. The molecule has 1 aliphatic heterocycles. The van der Waals surface area contributed by atoms with E-state index in [4.69, 9.17) is 16.9 Å². The van der Waals surface area contributed by atoms with Gasteiger partial charge in [-0.2, -0.15) is 9.57 Å². The average Bonchev–Trinajstić information content (AvgIpc) is 2.60. The first-order valence-electron chi connectivity index (χ1n) is 8.15. The number of carbonyl (C=O) groups excluding carboxylic acids is 1. The number of sulfonamides is 1. The van der Waals surface area contributed by atoms with Crippen LogP contribution in [0.2, 0.25) is 5.02 Å². The summed E-state index contributed by atoms with van der Waals surface area (Å²) in [6.07, 6.45) is 0.998. The zero-order valence-corrected chi connectivity index (χ0v) is 16.1. The third kappa shape index (κ3) is 4.14. The third-order valence-electron chi connectivity index (χ3n) is 4.62. The third-order valence-corrected chi connectivity index (χ3v) is 6.83. The van der Waals surface area contributed by atoms with Crippen LogP contribution in [0, 0.1) is 17.2 Å². The van der Waals surface area contributed by atoms with Gasteiger partial charge < -0.3 is 4.90 Å². The molecule has 6 nitrogen and oxygen atoms in total. The molecule has 8 heteroatoms. The van der Waals surface area contributed by atoms with Crippen molar-refractivity contribution >= 4 is 27.5 Å².